The van der Waals surface area contributed by atoms with Gasteiger partial charge in [0.25, 0.3) is 0 Å². The van der Waals surface area contributed by atoms with E-state index in [-0.39, 0.29) is 32.1 Å². The molecule has 0 unspecified atom stereocenters. The van der Waals surface area contributed by atoms with Crippen LogP contribution in [0.25, 0.3) is 26.5 Å². The monoisotopic (exact) mass is 772 g/mol. The van der Waals surface area contributed by atoms with E-state index in [9.17, 15) is 14.9 Å². The predicted molar refractivity (Wildman–Crippen MR) is 209 cm³/mol. The highest BCUT2D eigenvalue weighted by Gasteiger charge is 2.26. The Labute approximate surface area is 322 Å². The lowest BCUT2D eigenvalue weighted by Gasteiger charge is -2.22. The fourth-order valence-electron chi connectivity index (χ4n) is 5.69. The first kappa shape index (κ1) is 39.5. The highest BCUT2D eigenvalue weighted by molar-refractivity contribution is 7.98. The van der Waals surface area contributed by atoms with E-state index in [1.54, 1.807) is 23.5 Å². The number of nitrogens with zero attached hydrogens (tertiary/aromatic N) is 5. The minimum absolute atomic E-state index is 0.0143. The molecule has 276 valence electrons. The number of nitrogens with two attached hydrogens (primary N) is 2. The second kappa shape index (κ2) is 19.9. The highest BCUT2D eigenvalue weighted by Crippen LogP contribution is 2.45. The third kappa shape index (κ3) is 10.9. The lowest BCUT2D eigenvalue weighted by molar-refractivity contribution is -0.144. The molecular weight excluding hydrogens is 732 g/mol. The summed E-state index contributed by atoms with van der Waals surface area (Å²) in [6.45, 7) is 10.6. The average molecular weight is 773 g/mol. The third-order valence-corrected chi connectivity index (χ3v) is 10.6. The Kier molecular flexibility index (Phi) is 14.9. The summed E-state index contributed by atoms with van der Waals surface area (Å²) in [4.78, 5) is 40.0. The number of thioether (sulfide) groups is 1. The number of carbonyl (C=O) groups is 2. The molecule has 0 saturated carbocycles. The SMILES string of the molecule is [C-]#[N+]c1c(N2CCCC2)nc(SCc2csc(-c3ccc(Cl)cc3)n2)c(C#N)c1-c1ccc(OCCOC(=O)CCNC(=O)[C@@H](N)CCCCN)cc1. The van der Waals surface area contributed by atoms with E-state index < -0.39 is 12.0 Å². The minimum atomic E-state index is -0.632. The fraction of sp³-hybridized carbons (Fsp3) is 0.368. The van der Waals surface area contributed by atoms with Gasteiger partial charge in [0.1, 0.15) is 40.9 Å². The third-order valence-electron chi connectivity index (χ3n) is 8.44. The van der Waals surface area contributed by atoms with E-state index in [1.807, 2.05) is 41.8 Å². The van der Waals surface area contributed by atoms with Crippen molar-refractivity contribution in [3.05, 3.63) is 81.6 Å². The molecule has 2 aromatic carbocycles. The van der Waals surface area contributed by atoms with Crippen LogP contribution in [0.15, 0.2) is 58.9 Å². The summed E-state index contributed by atoms with van der Waals surface area (Å²) in [5.41, 5.74) is 15.1. The topological polar surface area (TPSA) is 174 Å². The lowest BCUT2D eigenvalue weighted by atomic mass is 9.99. The van der Waals surface area contributed by atoms with Crippen LogP contribution < -0.4 is 26.4 Å². The number of benzene rings is 2. The van der Waals surface area contributed by atoms with Gasteiger partial charge in [0.05, 0.1) is 30.3 Å². The number of unbranched alkanes of at least 4 members (excludes halogenated alkanes) is 1. The molecule has 0 radical (unpaired) electrons. The van der Waals surface area contributed by atoms with E-state index in [0.717, 1.165) is 55.0 Å². The van der Waals surface area contributed by atoms with Gasteiger partial charge < -0.3 is 31.2 Å². The number of ether oxygens (including phenoxy) is 2. The van der Waals surface area contributed by atoms with Crippen molar-refractivity contribution in [3.8, 4) is 33.5 Å². The van der Waals surface area contributed by atoms with Gasteiger partial charge >= 0.3 is 5.97 Å². The zero-order valence-corrected chi connectivity index (χ0v) is 31.6. The molecule has 12 nitrogen and oxygen atoms in total. The Morgan fingerprint density at radius 1 is 1.09 bits per heavy atom. The molecule has 1 amide bonds. The Morgan fingerprint density at radius 3 is 2.53 bits per heavy atom. The molecule has 0 spiro atoms. The Balaban J connectivity index is 1.22. The summed E-state index contributed by atoms with van der Waals surface area (Å²) in [7, 11) is 0. The second-order valence-corrected chi connectivity index (χ2v) is 14.5. The van der Waals surface area contributed by atoms with Crippen LogP contribution in [0.2, 0.25) is 5.02 Å². The standard InChI is InChI=1S/C38H41ClN8O4S2/c1-43-34-33(25-9-13-29(14-10-25)50-20-21-51-32(48)15-17-44-36(49)31(42)6-2-3-16-40)30(22-41)38(46-35(34)47-18-4-5-19-47)53-24-28-23-52-37(45-28)26-7-11-27(39)12-8-26/h7-14,23,31H,2-6,15-21,24,40,42H2,(H,44,49)/t31-/m0/s1. The van der Waals surface area contributed by atoms with Crippen molar-refractivity contribution in [1.82, 2.24) is 15.3 Å². The zero-order valence-electron chi connectivity index (χ0n) is 29.2. The molecule has 0 bridgehead atoms. The number of rotatable bonds is 18. The van der Waals surface area contributed by atoms with Gasteiger partial charge in [-0.25, -0.2) is 14.8 Å². The molecule has 2 aromatic heterocycles. The first-order valence-electron chi connectivity index (χ1n) is 17.4. The van der Waals surface area contributed by atoms with Gasteiger partial charge in [-0.1, -0.05) is 54.0 Å². The molecule has 1 saturated heterocycles. The van der Waals surface area contributed by atoms with E-state index >= 15 is 0 Å². The zero-order chi connectivity index (χ0) is 37.6. The van der Waals surface area contributed by atoms with Crippen LogP contribution in [-0.4, -0.2) is 67.3 Å². The number of hydrogen-bond donors (Lipinski definition) is 3. The van der Waals surface area contributed by atoms with Gasteiger partial charge in [-0.05, 0) is 62.1 Å². The quantitative estimate of drug-likeness (QED) is 0.0424. The number of halogens is 1. The largest absolute Gasteiger partial charge is 0.490 e. The Hall–Kier alpha value is -4.70. The maximum atomic E-state index is 12.1. The molecule has 1 aliphatic rings. The summed E-state index contributed by atoms with van der Waals surface area (Å²) in [6, 6.07) is 16.4. The number of nitriles is 1. The number of anilines is 1. The molecule has 1 fully saturated rings. The number of pyridine rings is 1. The molecule has 1 atom stereocenters. The van der Waals surface area contributed by atoms with Crippen molar-refractivity contribution in [2.45, 2.75) is 55.3 Å². The maximum absolute atomic E-state index is 12.1. The molecule has 5 N–H and O–H groups in total. The summed E-state index contributed by atoms with van der Waals surface area (Å²) < 4.78 is 11.0. The number of amides is 1. The van der Waals surface area contributed by atoms with Crippen LogP contribution in [0.4, 0.5) is 11.5 Å². The summed E-state index contributed by atoms with van der Waals surface area (Å²) in [5, 5.41) is 17.2. The summed E-state index contributed by atoms with van der Waals surface area (Å²) in [5.74, 6) is 0.848. The van der Waals surface area contributed by atoms with Crippen molar-refractivity contribution in [1.29, 1.82) is 5.26 Å². The number of aromatic nitrogens is 2. The Bertz CT molecular complexity index is 1940. The molecule has 0 aliphatic carbocycles. The van der Waals surface area contributed by atoms with Crippen molar-refractivity contribution in [2.75, 3.05) is 44.3 Å². The average Bonchev–Trinajstić information content (AvgIpc) is 3.89. The van der Waals surface area contributed by atoms with Crippen molar-refractivity contribution < 1.29 is 19.1 Å². The first-order chi connectivity index (χ1) is 25.8. The van der Waals surface area contributed by atoms with Gasteiger partial charge in [0.15, 0.2) is 0 Å². The minimum Gasteiger partial charge on any atom is -0.490 e. The molecule has 53 heavy (non-hydrogen) atoms. The number of nitrogens with one attached hydrogen (secondary N) is 1. The van der Waals surface area contributed by atoms with Crippen LogP contribution >= 0.6 is 34.7 Å². The number of hydrogen-bond acceptors (Lipinski definition) is 12. The van der Waals surface area contributed by atoms with Gasteiger partial charge in [-0.2, -0.15) is 5.26 Å². The maximum Gasteiger partial charge on any atom is 0.307 e. The van der Waals surface area contributed by atoms with Crippen LogP contribution in [0.3, 0.4) is 0 Å². The van der Waals surface area contributed by atoms with Crippen LogP contribution in [-0.2, 0) is 20.1 Å². The number of carbonyl (C=O) groups excluding carboxylic acids is 2. The van der Waals surface area contributed by atoms with Gasteiger partial charge in [0, 0.05) is 46.9 Å². The van der Waals surface area contributed by atoms with Gasteiger partial charge in [-0.3, -0.25) is 9.59 Å². The molecule has 1 aliphatic heterocycles. The van der Waals surface area contributed by atoms with E-state index in [1.165, 1.54) is 11.8 Å². The smallest absolute Gasteiger partial charge is 0.307 e. The van der Waals surface area contributed by atoms with E-state index in [4.69, 9.17) is 49.1 Å². The van der Waals surface area contributed by atoms with Gasteiger partial charge in [-0.15, -0.1) is 11.3 Å². The van der Waals surface area contributed by atoms with Crippen LogP contribution in [0.5, 0.6) is 5.75 Å². The van der Waals surface area contributed by atoms with E-state index in [2.05, 4.69) is 21.1 Å². The summed E-state index contributed by atoms with van der Waals surface area (Å²) >= 11 is 9.03. The number of esters is 1. The van der Waals surface area contributed by atoms with E-state index in [0.29, 0.717) is 62.7 Å². The summed E-state index contributed by atoms with van der Waals surface area (Å²) in [6.07, 6.45) is 4.14. The normalized spacial score (nSPS) is 12.9. The van der Waals surface area contributed by atoms with Gasteiger partial charge in [0.2, 0.25) is 11.6 Å². The molecular formula is C38H41ClN8O4S2. The fourth-order valence-corrected chi connectivity index (χ4v) is 7.62. The van der Waals surface area contributed by atoms with Crippen molar-refractivity contribution in [2.24, 2.45) is 11.5 Å². The molecule has 4 aromatic rings. The molecule has 3 heterocycles. The van der Waals surface area contributed by atoms with Crippen molar-refractivity contribution >= 4 is 58.1 Å². The van der Waals surface area contributed by atoms with Crippen LogP contribution in [0.1, 0.15) is 49.8 Å². The number of thiazole rings is 1. The predicted octanol–water partition coefficient (Wildman–Crippen LogP) is 6.73. The first-order valence-corrected chi connectivity index (χ1v) is 19.6. The second-order valence-electron chi connectivity index (χ2n) is 12.2. The van der Waals surface area contributed by atoms with Crippen LogP contribution in [0, 0.1) is 17.9 Å². The lowest BCUT2D eigenvalue weighted by Crippen LogP contribution is -2.41. The Morgan fingerprint density at radius 2 is 1.83 bits per heavy atom. The van der Waals surface area contributed by atoms with Crippen molar-refractivity contribution in [3.63, 3.8) is 0 Å². The molecule has 5 rings (SSSR count). The highest BCUT2D eigenvalue weighted by atomic mass is 35.5. The molecule has 15 heteroatoms.